The lowest BCUT2D eigenvalue weighted by Gasteiger charge is -2.29. The Kier molecular flexibility index (Phi) is 11.1. The van der Waals surface area contributed by atoms with Gasteiger partial charge in [-0.2, -0.15) is 11.3 Å². The molecule has 0 spiro atoms. The fourth-order valence-corrected chi connectivity index (χ4v) is 3.51. The maximum Gasteiger partial charge on any atom is 0.224 e. The number of amides is 1. The van der Waals surface area contributed by atoms with E-state index in [1.165, 1.54) is 5.56 Å². The molecule has 0 saturated carbocycles. The minimum Gasteiger partial charge on any atom is -0.354 e. The Bertz CT molecular complexity index is 407. The van der Waals surface area contributed by atoms with Gasteiger partial charge in [-0.25, -0.2) is 0 Å². The largest absolute Gasteiger partial charge is 0.354 e. The summed E-state index contributed by atoms with van der Waals surface area (Å²) in [6, 6.07) is 2.45. The first-order chi connectivity index (χ1) is 9.76. The van der Waals surface area contributed by atoms with Crippen molar-refractivity contribution >= 4 is 42.1 Å². The van der Waals surface area contributed by atoms with Gasteiger partial charge in [0.05, 0.1) is 12.0 Å². The number of nitrogens with zero attached hydrogens (tertiary/aromatic N) is 1. The van der Waals surface area contributed by atoms with E-state index < -0.39 is 0 Å². The van der Waals surface area contributed by atoms with Gasteiger partial charge in [-0.15, -0.1) is 24.8 Å². The van der Waals surface area contributed by atoms with Crippen LogP contribution in [-0.4, -0.2) is 43.5 Å². The number of carbonyl (C=O) groups excluding carboxylic acids is 1. The molecule has 1 saturated heterocycles. The molecule has 128 valence electrons. The van der Waals surface area contributed by atoms with Crippen molar-refractivity contribution < 1.29 is 4.79 Å². The Morgan fingerprint density at radius 2 is 2.18 bits per heavy atom. The highest BCUT2D eigenvalue weighted by Gasteiger charge is 2.24. The number of likely N-dealkylation sites (N-methyl/N-ethyl adjacent to an activating group) is 1. The molecule has 4 nitrogen and oxygen atoms in total. The van der Waals surface area contributed by atoms with Gasteiger partial charge in [0, 0.05) is 13.1 Å². The van der Waals surface area contributed by atoms with Gasteiger partial charge in [-0.1, -0.05) is 13.8 Å². The Hall–Kier alpha value is -0.330. The fourth-order valence-electron chi connectivity index (χ4n) is 2.81. The minimum atomic E-state index is 0. The van der Waals surface area contributed by atoms with E-state index in [9.17, 15) is 4.79 Å². The third kappa shape index (κ3) is 5.70. The average molecular weight is 368 g/mol. The lowest BCUT2D eigenvalue weighted by atomic mass is 10.1. The highest BCUT2D eigenvalue weighted by molar-refractivity contribution is 7.07. The van der Waals surface area contributed by atoms with Crippen LogP contribution in [0.2, 0.25) is 0 Å². The quantitative estimate of drug-likeness (QED) is 0.778. The van der Waals surface area contributed by atoms with Gasteiger partial charge in [0.2, 0.25) is 5.91 Å². The molecule has 0 radical (unpaired) electrons. The molecule has 2 atom stereocenters. The van der Waals surface area contributed by atoms with Crippen LogP contribution in [0.5, 0.6) is 0 Å². The zero-order valence-corrected chi connectivity index (χ0v) is 15.7. The van der Waals surface area contributed by atoms with E-state index in [0.29, 0.717) is 6.54 Å². The van der Waals surface area contributed by atoms with Gasteiger partial charge < -0.3 is 10.6 Å². The van der Waals surface area contributed by atoms with E-state index in [1.54, 1.807) is 11.3 Å². The highest BCUT2D eigenvalue weighted by Crippen LogP contribution is 2.22. The zero-order valence-electron chi connectivity index (χ0n) is 13.2. The van der Waals surface area contributed by atoms with Crippen LogP contribution in [-0.2, 0) is 4.79 Å². The smallest absolute Gasteiger partial charge is 0.224 e. The number of carbonyl (C=O) groups is 1. The molecule has 2 rings (SSSR count). The van der Waals surface area contributed by atoms with Crippen molar-refractivity contribution in [1.82, 2.24) is 15.5 Å². The predicted molar refractivity (Wildman–Crippen MR) is 98.5 cm³/mol. The van der Waals surface area contributed by atoms with E-state index in [1.807, 2.05) is 0 Å². The van der Waals surface area contributed by atoms with Crippen LogP contribution < -0.4 is 10.6 Å². The standard InChI is InChI=1S/C15H25N3OS.2ClH/c1-3-18(4-2)14(13-6-8-20-11-13)10-17-15(19)12-5-7-16-9-12;;/h6,8,11-12,14,16H,3-5,7,9-10H2,1-2H3,(H,17,19);2*1H. The molecular formula is C15H27Cl2N3OS. The highest BCUT2D eigenvalue weighted by atomic mass is 35.5. The van der Waals surface area contributed by atoms with E-state index >= 15 is 0 Å². The van der Waals surface area contributed by atoms with Crippen LogP contribution >= 0.6 is 36.2 Å². The van der Waals surface area contributed by atoms with Gasteiger partial charge in [0.25, 0.3) is 0 Å². The molecule has 1 aromatic rings. The Labute approximate surface area is 149 Å². The van der Waals surface area contributed by atoms with Crippen molar-refractivity contribution in [3.63, 3.8) is 0 Å². The summed E-state index contributed by atoms with van der Waals surface area (Å²) in [4.78, 5) is 14.5. The summed E-state index contributed by atoms with van der Waals surface area (Å²) < 4.78 is 0. The molecule has 0 bridgehead atoms. The first kappa shape index (κ1) is 21.7. The molecule has 1 aliphatic heterocycles. The van der Waals surface area contributed by atoms with Crippen molar-refractivity contribution in [3.8, 4) is 0 Å². The molecule has 7 heteroatoms. The fraction of sp³-hybridized carbons (Fsp3) is 0.667. The van der Waals surface area contributed by atoms with Gasteiger partial charge in [-0.3, -0.25) is 9.69 Å². The summed E-state index contributed by atoms with van der Waals surface area (Å²) in [7, 11) is 0. The monoisotopic (exact) mass is 367 g/mol. The van der Waals surface area contributed by atoms with E-state index in [4.69, 9.17) is 0 Å². The van der Waals surface area contributed by atoms with Crippen LogP contribution in [0, 0.1) is 5.92 Å². The molecule has 2 unspecified atom stereocenters. The summed E-state index contributed by atoms with van der Waals surface area (Å²) in [6.45, 7) is 8.82. The first-order valence-electron chi connectivity index (χ1n) is 7.50. The molecule has 1 fully saturated rings. The van der Waals surface area contributed by atoms with Crippen molar-refractivity contribution in [2.45, 2.75) is 26.3 Å². The number of hydrogen-bond donors (Lipinski definition) is 2. The Morgan fingerprint density at radius 1 is 1.45 bits per heavy atom. The van der Waals surface area contributed by atoms with Crippen molar-refractivity contribution in [3.05, 3.63) is 22.4 Å². The SMILES string of the molecule is CCN(CC)C(CNC(=O)C1CCNC1)c1ccsc1.Cl.Cl. The van der Waals surface area contributed by atoms with Crippen molar-refractivity contribution in [1.29, 1.82) is 0 Å². The van der Waals surface area contributed by atoms with Gasteiger partial charge in [0.15, 0.2) is 0 Å². The molecule has 2 N–H and O–H groups in total. The maximum atomic E-state index is 12.2. The van der Waals surface area contributed by atoms with E-state index in [-0.39, 0.29) is 42.7 Å². The van der Waals surface area contributed by atoms with Crippen LogP contribution in [0.25, 0.3) is 0 Å². The summed E-state index contributed by atoms with van der Waals surface area (Å²) in [6.07, 6.45) is 0.959. The summed E-state index contributed by atoms with van der Waals surface area (Å²) >= 11 is 1.72. The number of nitrogens with one attached hydrogen (secondary N) is 2. The summed E-state index contributed by atoms with van der Waals surface area (Å²) in [5.74, 6) is 0.345. The predicted octanol–water partition coefficient (Wildman–Crippen LogP) is 2.70. The molecule has 1 aliphatic rings. The van der Waals surface area contributed by atoms with E-state index in [0.717, 1.165) is 32.6 Å². The lowest BCUT2D eigenvalue weighted by Crippen LogP contribution is -2.40. The first-order valence-corrected chi connectivity index (χ1v) is 8.45. The summed E-state index contributed by atoms with van der Waals surface area (Å²) in [5.41, 5.74) is 1.31. The van der Waals surface area contributed by atoms with Gasteiger partial charge in [0.1, 0.15) is 0 Å². The molecule has 2 heterocycles. The second kappa shape index (κ2) is 11.2. The number of thiophene rings is 1. The van der Waals surface area contributed by atoms with Crippen molar-refractivity contribution in [2.75, 3.05) is 32.7 Å². The van der Waals surface area contributed by atoms with E-state index in [2.05, 4.69) is 46.2 Å². The Morgan fingerprint density at radius 3 is 2.68 bits per heavy atom. The third-order valence-electron chi connectivity index (χ3n) is 4.08. The lowest BCUT2D eigenvalue weighted by molar-refractivity contribution is -0.124. The van der Waals surface area contributed by atoms with Gasteiger partial charge in [-0.05, 0) is 48.4 Å². The van der Waals surface area contributed by atoms with Crippen LogP contribution in [0.15, 0.2) is 16.8 Å². The Balaban J connectivity index is 0.00000220. The van der Waals surface area contributed by atoms with Crippen LogP contribution in [0.1, 0.15) is 31.9 Å². The van der Waals surface area contributed by atoms with Crippen molar-refractivity contribution in [2.24, 2.45) is 5.92 Å². The second-order valence-electron chi connectivity index (χ2n) is 5.23. The molecule has 1 amide bonds. The zero-order chi connectivity index (χ0) is 14.4. The van der Waals surface area contributed by atoms with Crippen LogP contribution in [0.4, 0.5) is 0 Å². The summed E-state index contributed by atoms with van der Waals surface area (Å²) in [5, 5.41) is 10.7. The second-order valence-corrected chi connectivity index (χ2v) is 6.01. The number of halogens is 2. The third-order valence-corrected chi connectivity index (χ3v) is 4.78. The normalized spacial score (nSPS) is 18.4. The molecular weight excluding hydrogens is 341 g/mol. The molecule has 22 heavy (non-hydrogen) atoms. The minimum absolute atomic E-state index is 0. The average Bonchev–Trinajstić information content (AvgIpc) is 3.15. The van der Waals surface area contributed by atoms with Gasteiger partial charge >= 0.3 is 0 Å². The molecule has 0 aliphatic carbocycles. The molecule has 0 aromatic carbocycles. The number of rotatable bonds is 7. The number of hydrogen-bond acceptors (Lipinski definition) is 4. The maximum absolute atomic E-state index is 12.2. The van der Waals surface area contributed by atoms with Crippen LogP contribution in [0.3, 0.4) is 0 Å². The topological polar surface area (TPSA) is 44.4 Å². The molecule has 1 aromatic heterocycles.